The van der Waals surface area contributed by atoms with Gasteiger partial charge in [0, 0.05) is 16.8 Å². The van der Waals surface area contributed by atoms with Crippen molar-refractivity contribution in [2.24, 2.45) is 0 Å². The maximum Gasteiger partial charge on any atom is 0.259 e. The van der Waals surface area contributed by atoms with Gasteiger partial charge in [0.25, 0.3) is 5.91 Å². The van der Waals surface area contributed by atoms with E-state index in [1.54, 1.807) is 11.0 Å². The summed E-state index contributed by atoms with van der Waals surface area (Å²) in [6, 6.07) is 7.40. The molecule has 16 heavy (non-hydrogen) atoms. The summed E-state index contributed by atoms with van der Waals surface area (Å²) in [5.74, 6) is -0.0619. The molecule has 3 heteroatoms. The van der Waals surface area contributed by atoms with Crippen LogP contribution in [0.3, 0.4) is 0 Å². The highest BCUT2D eigenvalue weighted by Gasteiger charge is 2.31. The molecule has 1 aromatic rings. The van der Waals surface area contributed by atoms with Crippen LogP contribution in [0.5, 0.6) is 0 Å². The molecule has 84 valence electrons. The number of aliphatic hydroxyl groups excluding tert-OH is 1. The van der Waals surface area contributed by atoms with Crippen LogP contribution < -0.4 is 0 Å². The number of β-amino-alcohol motifs (C(OH)–C–C–N with tert-alkyl or cyclic N) is 1. The van der Waals surface area contributed by atoms with Gasteiger partial charge in [-0.05, 0) is 12.5 Å². The SMILES string of the molecule is C=C1c2ccccc2C(=O)N1CC(O)CC. The molecule has 0 aromatic heterocycles. The van der Waals surface area contributed by atoms with Crippen LogP contribution in [0.15, 0.2) is 30.8 Å². The Morgan fingerprint density at radius 3 is 2.56 bits per heavy atom. The lowest BCUT2D eigenvalue weighted by molar-refractivity contribution is 0.0756. The number of carbonyl (C=O) groups excluding carboxylic acids is 1. The van der Waals surface area contributed by atoms with Gasteiger partial charge >= 0.3 is 0 Å². The summed E-state index contributed by atoms with van der Waals surface area (Å²) in [6.45, 7) is 6.12. The van der Waals surface area contributed by atoms with E-state index in [0.717, 1.165) is 5.56 Å². The molecule has 3 nitrogen and oxygen atoms in total. The third-order valence-electron chi connectivity index (χ3n) is 2.90. The van der Waals surface area contributed by atoms with E-state index in [1.165, 1.54) is 0 Å². The second-order valence-electron chi connectivity index (χ2n) is 3.97. The number of benzene rings is 1. The van der Waals surface area contributed by atoms with Gasteiger partial charge < -0.3 is 10.0 Å². The van der Waals surface area contributed by atoms with Crippen molar-refractivity contribution in [2.45, 2.75) is 19.4 Å². The summed E-state index contributed by atoms with van der Waals surface area (Å²) in [7, 11) is 0. The van der Waals surface area contributed by atoms with Gasteiger partial charge in [-0.2, -0.15) is 0 Å². The lowest BCUT2D eigenvalue weighted by Gasteiger charge is -2.20. The predicted octanol–water partition coefficient (Wildman–Crippen LogP) is 1.88. The highest BCUT2D eigenvalue weighted by Crippen LogP contribution is 2.31. The fourth-order valence-corrected chi connectivity index (χ4v) is 1.87. The van der Waals surface area contributed by atoms with E-state index >= 15 is 0 Å². The van der Waals surface area contributed by atoms with Gasteiger partial charge in [0.2, 0.25) is 0 Å². The van der Waals surface area contributed by atoms with Crippen molar-refractivity contribution in [3.63, 3.8) is 0 Å². The van der Waals surface area contributed by atoms with Crippen LogP contribution in [0, 0.1) is 0 Å². The molecular formula is C13H15NO2. The lowest BCUT2D eigenvalue weighted by atomic mass is 10.1. The first kappa shape index (κ1) is 10.9. The smallest absolute Gasteiger partial charge is 0.259 e. The largest absolute Gasteiger partial charge is 0.391 e. The first-order chi connectivity index (χ1) is 7.65. The van der Waals surface area contributed by atoms with Crippen LogP contribution in [-0.2, 0) is 0 Å². The molecule has 1 heterocycles. The molecule has 1 N–H and O–H groups in total. The molecule has 1 amide bonds. The Hall–Kier alpha value is -1.61. The van der Waals surface area contributed by atoms with Crippen molar-refractivity contribution in [1.82, 2.24) is 4.90 Å². The summed E-state index contributed by atoms with van der Waals surface area (Å²) in [5.41, 5.74) is 2.24. The van der Waals surface area contributed by atoms with Crippen molar-refractivity contribution in [3.05, 3.63) is 42.0 Å². The Labute approximate surface area is 95.0 Å². The molecule has 0 fully saturated rings. The van der Waals surface area contributed by atoms with Gasteiger partial charge in [0.1, 0.15) is 0 Å². The molecule has 2 rings (SSSR count). The highest BCUT2D eigenvalue weighted by molar-refractivity contribution is 6.08. The van der Waals surface area contributed by atoms with Crippen molar-refractivity contribution in [2.75, 3.05) is 6.54 Å². The van der Waals surface area contributed by atoms with Crippen LogP contribution in [0.1, 0.15) is 29.3 Å². The number of carbonyl (C=O) groups is 1. The van der Waals surface area contributed by atoms with E-state index in [9.17, 15) is 9.90 Å². The molecule has 1 aliphatic rings. The van der Waals surface area contributed by atoms with Gasteiger partial charge in [0.05, 0.1) is 12.6 Å². The molecule has 0 radical (unpaired) electrons. The first-order valence-corrected chi connectivity index (χ1v) is 5.43. The second-order valence-corrected chi connectivity index (χ2v) is 3.97. The van der Waals surface area contributed by atoms with E-state index in [0.29, 0.717) is 24.2 Å². The fourth-order valence-electron chi connectivity index (χ4n) is 1.87. The van der Waals surface area contributed by atoms with Gasteiger partial charge in [-0.1, -0.05) is 31.7 Å². The number of fused-ring (bicyclic) bond motifs is 1. The Morgan fingerprint density at radius 1 is 1.38 bits per heavy atom. The van der Waals surface area contributed by atoms with Crippen molar-refractivity contribution < 1.29 is 9.90 Å². The maximum atomic E-state index is 12.0. The molecule has 0 aliphatic carbocycles. The summed E-state index contributed by atoms with van der Waals surface area (Å²) >= 11 is 0. The van der Waals surface area contributed by atoms with Crippen LogP contribution in [0.4, 0.5) is 0 Å². The van der Waals surface area contributed by atoms with Crippen LogP contribution in [0.2, 0.25) is 0 Å². The van der Waals surface area contributed by atoms with Gasteiger partial charge in [-0.3, -0.25) is 4.79 Å². The highest BCUT2D eigenvalue weighted by atomic mass is 16.3. The first-order valence-electron chi connectivity index (χ1n) is 5.43. The second kappa shape index (κ2) is 4.10. The minimum absolute atomic E-state index is 0.0619. The van der Waals surface area contributed by atoms with E-state index in [1.807, 2.05) is 25.1 Å². The number of amides is 1. The summed E-state index contributed by atoms with van der Waals surface area (Å²) < 4.78 is 0. The van der Waals surface area contributed by atoms with E-state index in [2.05, 4.69) is 6.58 Å². The van der Waals surface area contributed by atoms with Crippen molar-refractivity contribution >= 4 is 11.6 Å². The molecule has 1 atom stereocenters. The number of nitrogens with zero attached hydrogens (tertiary/aromatic N) is 1. The quantitative estimate of drug-likeness (QED) is 0.839. The van der Waals surface area contributed by atoms with Crippen molar-refractivity contribution in [1.29, 1.82) is 0 Å². The normalized spacial score (nSPS) is 16.5. The Morgan fingerprint density at radius 2 is 2.00 bits per heavy atom. The van der Waals surface area contributed by atoms with Crippen LogP contribution >= 0.6 is 0 Å². The van der Waals surface area contributed by atoms with Crippen molar-refractivity contribution in [3.8, 4) is 0 Å². The molecule has 0 bridgehead atoms. The lowest BCUT2D eigenvalue weighted by Crippen LogP contribution is -2.31. The molecule has 1 aliphatic heterocycles. The van der Waals surface area contributed by atoms with E-state index in [4.69, 9.17) is 0 Å². The molecule has 0 saturated heterocycles. The molecular weight excluding hydrogens is 202 g/mol. The zero-order valence-electron chi connectivity index (χ0n) is 9.31. The van der Waals surface area contributed by atoms with Crippen LogP contribution in [-0.4, -0.2) is 28.6 Å². The average molecular weight is 217 g/mol. The minimum atomic E-state index is -0.491. The van der Waals surface area contributed by atoms with E-state index in [-0.39, 0.29) is 5.91 Å². The van der Waals surface area contributed by atoms with E-state index < -0.39 is 6.10 Å². The summed E-state index contributed by atoms with van der Waals surface area (Å²) in [4.78, 5) is 13.6. The minimum Gasteiger partial charge on any atom is -0.391 e. The number of aliphatic hydroxyl groups is 1. The number of hydrogen-bond acceptors (Lipinski definition) is 2. The Bertz CT molecular complexity index is 404. The predicted molar refractivity (Wildman–Crippen MR) is 62.8 cm³/mol. The Kier molecular flexibility index (Phi) is 2.79. The number of rotatable bonds is 3. The summed E-state index contributed by atoms with van der Waals surface area (Å²) in [5, 5.41) is 9.60. The average Bonchev–Trinajstić information content (AvgIpc) is 2.55. The third kappa shape index (κ3) is 1.63. The maximum absolute atomic E-state index is 12.0. The topological polar surface area (TPSA) is 40.5 Å². The Balaban J connectivity index is 2.28. The monoisotopic (exact) mass is 217 g/mol. The fraction of sp³-hybridized carbons (Fsp3) is 0.308. The number of hydrogen-bond donors (Lipinski definition) is 1. The molecule has 1 aromatic carbocycles. The van der Waals surface area contributed by atoms with Gasteiger partial charge in [0.15, 0.2) is 0 Å². The zero-order valence-corrected chi connectivity index (χ0v) is 9.31. The molecule has 0 spiro atoms. The van der Waals surface area contributed by atoms with Gasteiger partial charge in [-0.15, -0.1) is 0 Å². The third-order valence-corrected chi connectivity index (χ3v) is 2.90. The molecule has 1 unspecified atom stereocenters. The standard InChI is InChI=1S/C13H15NO2/c1-3-10(15)8-14-9(2)11-6-4-5-7-12(11)13(14)16/h4-7,10,15H,2-3,8H2,1H3. The summed E-state index contributed by atoms with van der Waals surface area (Å²) in [6.07, 6.45) is 0.142. The van der Waals surface area contributed by atoms with Gasteiger partial charge in [-0.25, -0.2) is 0 Å². The zero-order chi connectivity index (χ0) is 11.7. The van der Waals surface area contributed by atoms with Crippen LogP contribution in [0.25, 0.3) is 5.70 Å². The molecule has 0 saturated carbocycles.